The van der Waals surface area contributed by atoms with Gasteiger partial charge in [0.15, 0.2) is 0 Å². The number of hydrogen-bond donors (Lipinski definition) is 2. The lowest BCUT2D eigenvalue weighted by Gasteiger charge is -2.54. The number of benzene rings is 1. The molecule has 4 aliphatic carbocycles. The lowest BCUT2D eigenvalue weighted by molar-refractivity contribution is -0.00883. The van der Waals surface area contributed by atoms with E-state index in [1.807, 2.05) is 0 Å². The van der Waals surface area contributed by atoms with Gasteiger partial charge in [-0.25, -0.2) is 9.59 Å². The van der Waals surface area contributed by atoms with Crippen molar-refractivity contribution < 1.29 is 14.3 Å². The highest BCUT2D eigenvalue weighted by atomic mass is 16.5. The van der Waals surface area contributed by atoms with Gasteiger partial charge in [0, 0.05) is 11.7 Å². The summed E-state index contributed by atoms with van der Waals surface area (Å²) in [4.78, 5) is 23.8. The van der Waals surface area contributed by atoms with E-state index in [0.717, 1.165) is 11.8 Å². The number of carbonyl (C=O) groups excluding carboxylic acids is 2. The minimum atomic E-state index is -0.375. The quantitative estimate of drug-likeness (QED) is 0.836. The maximum absolute atomic E-state index is 12.4. The number of anilines is 1. The smallest absolute Gasteiger partial charge is 0.337 e. The van der Waals surface area contributed by atoms with Crippen LogP contribution in [0.4, 0.5) is 10.5 Å². The average molecular weight is 328 g/mol. The summed E-state index contributed by atoms with van der Waals surface area (Å²) < 4.78 is 4.67. The molecule has 128 valence electrons. The number of nitrogens with one attached hydrogen (secondary N) is 2. The molecule has 4 fully saturated rings. The number of rotatable bonds is 3. The molecule has 1 aromatic carbocycles. The molecule has 0 radical (unpaired) electrons. The lowest BCUT2D eigenvalue weighted by atomic mass is 9.54. The van der Waals surface area contributed by atoms with Gasteiger partial charge in [0.05, 0.1) is 12.7 Å². The molecule has 5 nitrogen and oxygen atoms in total. The Balaban J connectivity index is 1.36. The topological polar surface area (TPSA) is 67.4 Å². The van der Waals surface area contributed by atoms with Crippen LogP contribution in [0.25, 0.3) is 0 Å². The molecule has 0 unspecified atom stereocenters. The third-order valence-electron chi connectivity index (χ3n) is 6.09. The van der Waals surface area contributed by atoms with Crippen molar-refractivity contribution in [2.24, 2.45) is 23.7 Å². The van der Waals surface area contributed by atoms with Crippen LogP contribution in [-0.4, -0.2) is 25.2 Å². The number of methoxy groups -OCH3 is 1. The summed E-state index contributed by atoms with van der Waals surface area (Å²) in [5.74, 6) is 2.75. The van der Waals surface area contributed by atoms with Crippen molar-refractivity contribution in [1.82, 2.24) is 5.32 Å². The van der Waals surface area contributed by atoms with Gasteiger partial charge < -0.3 is 15.4 Å². The minimum Gasteiger partial charge on any atom is -0.465 e. The number of carbonyl (C=O) groups is 2. The van der Waals surface area contributed by atoms with Crippen LogP contribution in [0.3, 0.4) is 0 Å². The first-order chi connectivity index (χ1) is 11.6. The van der Waals surface area contributed by atoms with E-state index >= 15 is 0 Å². The van der Waals surface area contributed by atoms with Crippen molar-refractivity contribution >= 4 is 17.7 Å². The van der Waals surface area contributed by atoms with E-state index in [1.165, 1.54) is 39.2 Å². The van der Waals surface area contributed by atoms with Gasteiger partial charge in [-0.05, 0) is 80.0 Å². The van der Waals surface area contributed by atoms with Crippen LogP contribution >= 0.6 is 0 Å². The molecule has 0 aliphatic heterocycles. The summed E-state index contributed by atoms with van der Waals surface area (Å²) in [5, 5.41) is 6.10. The van der Waals surface area contributed by atoms with Crippen LogP contribution in [0.1, 0.15) is 42.5 Å². The Morgan fingerprint density at radius 1 is 0.958 bits per heavy atom. The standard InChI is InChI=1S/C19H24N2O3/c1-24-18(22)13-2-4-16(5-3-13)20-19(23)21-17-14-7-11-6-12(9-14)10-15(17)8-11/h2-5,11-12,14-15,17H,6-10H2,1H3,(H2,20,21,23). The molecule has 0 atom stereocenters. The molecule has 2 amide bonds. The van der Waals surface area contributed by atoms with E-state index in [9.17, 15) is 9.59 Å². The highest BCUT2D eigenvalue weighted by molar-refractivity contribution is 5.92. The number of amides is 2. The van der Waals surface area contributed by atoms with Crippen molar-refractivity contribution in [3.8, 4) is 0 Å². The van der Waals surface area contributed by atoms with Crippen molar-refractivity contribution in [2.45, 2.75) is 38.1 Å². The van der Waals surface area contributed by atoms with Crippen molar-refractivity contribution in [3.05, 3.63) is 29.8 Å². The molecule has 0 saturated heterocycles. The first-order valence-corrected chi connectivity index (χ1v) is 8.88. The molecule has 5 heteroatoms. The largest absolute Gasteiger partial charge is 0.465 e. The summed E-state index contributed by atoms with van der Waals surface area (Å²) in [6.45, 7) is 0. The SMILES string of the molecule is COC(=O)c1ccc(NC(=O)NC2C3CC4CC(C3)CC2C4)cc1. The van der Waals surface area contributed by atoms with Crippen LogP contribution in [-0.2, 0) is 4.74 Å². The van der Waals surface area contributed by atoms with Crippen LogP contribution in [0.5, 0.6) is 0 Å². The van der Waals surface area contributed by atoms with Gasteiger partial charge >= 0.3 is 12.0 Å². The maximum atomic E-state index is 12.4. The first kappa shape index (κ1) is 15.5. The van der Waals surface area contributed by atoms with Gasteiger partial charge in [0.2, 0.25) is 0 Å². The predicted octanol–water partition coefficient (Wildman–Crippen LogP) is 3.42. The Morgan fingerprint density at radius 3 is 2.08 bits per heavy atom. The van der Waals surface area contributed by atoms with Gasteiger partial charge in [-0.1, -0.05) is 0 Å². The molecule has 2 N–H and O–H groups in total. The fourth-order valence-corrected chi connectivity index (χ4v) is 5.29. The summed E-state index contributed by atoms with van der Waals surface area (Å²) in [6, 6.07) is 6.95. The molecule has 0 aromatic heterocycles. The number of urea groups is 1. The summed E-state index contributed by atoms with van der Waals surface area (Å²) >= 11 is 0. The van der Waals surface area contributed by atoms with Gasteiger partial charge in [-0.3, -0.25) is 0 Å². The third-order valence-corrected chi connectivity index (χ3v) is 6.09. The zero-order chi connectivity index (χ0) is 16.7. The van der Waals surface area contributed by atoms with Crippen LogP contribution in [0, 0.1) is 23.7 Å². The zero-order valence-corrected chi connectivity index (χ0v) is 14.0. The van der Waals surface area contributed by atoms with E-state index in [0.29, 0.717) is 29.1 Å². The third kappa shape index (κ3) is 2.87. The Morgan fingerprint density at radius 2 is 1.54 bits per heavy atom. The van der Waals surface area contributed by atoms with Gasteiger partial charge in [0.1, 0.15) is 0 Å². The number of esters is 1. The van der Waals surface area contributed by atoms with E-state index in [-0.39, 0.29) is 12.0 Å². The summed E-state index contributed by atoms with van der Waals surface area (Å²) in [7, 11) is 1.35. The molecule has 4 saturated carbocycles. The number of ether oxygens (including phenoxy) is 1. The second-order valence-electron chi connectivity index (χ2n) is 7.62. The van der Waals surface area contributed by atoms with Crippen LogP contribution in [0.2, 0.25) is 0 Å². The van der Waals surface area contributed by atoms with Gasteiger partial charge in [-0.2, -0.15) is 0 Å². The molecular formula is C19H24N2O3. The van der Waals surface area contributed by atoms with E-state index in [1.54, 1.807) is 24.3 Å². The number of hydrogen-bond acceptors (Lipinski definition) is 3. The van der Waals surface area contributed by atoms with Crippen molar-refractivity contribution in [2.75, 3.05) is 12.4 Å². The van der Waals surface area contributed by atoms with Crippen molar-refractivity contribution in [1.29, 1.82) is 0 Å². The Labute approximate surface area is 142 Å². The molecule has 4 bridgehead atoms. The Kier molecular flexibility index (Phi) is 3.94. The average Bonchev–Trinajstić information content (AvgIpc) is 2.57. The molecule has 0 spiro atoms. The highest BCUT2D eigenvalue weighted by Crippen LogP contribution is 2.53. The molecule has 24 heavy (non-hydrogen) atoms. The normalized spacial score (nSPS) is 33.1. The molecular weight excluding hydrogens is 304 g/mol. The lowest BCUT2D eigenvalue weighted by Crippen LogP contribution is -2.56. The molecule has 1 aromatic rings. The first-order valence-electron chi connectivity index (χ1n) is 8.88. The summed E-state index contributed by atoms with van der Waals surface area (Å²) in [5.41, 5.74) is 1.16. The fourth-order valence-electron chi connectivity index (χ4n) is 5.29. The van der Waals surface area contributed by atoms with Gasteiger partial charge in [-0.15, -0.1) is 0 Å². The van der Waals surface area contributed by atoms with E-state index in [2.05, 4.69) is 15.4 Å². The van der Waals surface area contributed by atoms with Crippen LogP contribution in [0.15, 0.2) is 24.3 Å². The minimum absolute atomic E-state index is 0.140. The zero-order valence-electron chi connectivity index (χ0n) is 14.0. The summed E-state index contributed by atoms with van der Waals surface area (Å²) in [6.07, 6.45) is 6.55. The predicted molar refractivity (Wildman–Crippen MR) is 90.8 cm³/mol. The van der Waals surface area contributed by atoms with E-state index < -0.39 is 0 Å². The second kappa shape index (κ2) is 6.11. The molecule has 0 heterocycles. The monoisotopic (exact) mass is 328 g/mol. The second-order valence-corrected chi connectivity index (χ2v) is 7.62. The highest BCUT2D eigenvalue weighted by Gasteiger charge is 2.48. The molecule has 4 aliphatic rings. The maximum Gasteiger partial charge on any atom is 0.337 e. The fraction of sp³-hybridized carbons (Fsp3) is 0.579. The van der Waals surface area contributed by atoms with Crippen LogP contribution < -0.4 is 10.6 Å². The van der Waals surface area contributed by atoms with Crippen molar-refractivity contribution in [3.63, 3.8) is 0 Å². The van der Waals surface area contributed by atoms with E-state index in [4.69, 9.17) is 0 Å². The Hall–Kier alpha value is -2.04. The molecule has 5 rings (SSSR count). The van der Waals surface area contributed by atoms with Gasteiger partial charge in [0.25, 0.3) is 0 Å². The Bertz CT molecular complexity index is 613.